The van der Waals surface area contributed by atoms with Gasteiger partial charge < -0.3 is 10.2 Å². The molecule has 1 saturated heterocycles. The largest absolute Gasteiger partial charge is 0.370 e. The summed E-state index contributed by atoms with van der Waals surface area (Å²) in [6.07, 6.45) is 6.08. The Kier molecular flexibility index (Phi) is 5.02. The van der Waals surface area contributed by atoms with Crippen LogP contribution in [0, 0.1) is 0 Å². The lowest BCUT2D eigenvalue weighted by Gasteiger charge is -2.38. The van der Waals surface area contributed by atoms with Gasteiger partial charge in [-0.3, -0.25) is 0 Å². The van der Waals surface area contributed by atoms with Crippen molar-refractivity contribution >= 4 is 0 Å². The van der Waals surface area contributed by atoms with Crippen molar-refractivity contribution < 1.29 is 0 Å². The third-order valence-corrected chi connectivity index (χ3v) is 2.92. The van der Waals surface area contributed by atoms with E-state index in [1.54, 1.807) is 0 Å². The van der Waals surface area contributed by atoms with Crippen molar-refractivity contribution in [2.75, 3.05) is 19.6 Å². The van der Waals surface area contributed by atoms with E-state index in [9.17, 15) is 0 Å². The van der Waals surface area contributed by atoms with E-state index in [0.717, 1.165) is 25.6 Å². The van der Waals surface area contributed by atoms with Gasteiger partial charge in [0, 0.05) is 31.4 Å². The molecule has 1 unspecified atom stereocenters. The van der Waals surface area contributed by atoms with Crippen LogP contribution in [0.4, 0.5) is 0 Å². The second kappa shape index (κ2) is 6.07. The van der Waals surface area contributed by atoms with Gasteiger partial charge in [0.15, 0.2) is 0 Å². The number of rotatable bonds is 4. The van der Waals surface area contributed by atoms with E-state index in [1.165, 1.54) is 25.1 Å². The normalized spacial score (nSPS) is 24.1. The van der Waals surface area contributed by atoms with Crippen LogP contribution in [0.3, 0.4) is 0 Å². The van der Waals surface area contributed by atoms with E-state index >= 15 is 0 Å². The summed E-state index contributed by atoms with van der Waals surface area (Å²) in [6.45, 7) is 10.2. The van der Waals surface area contributed by atoms with Crippen LogP contribution in [0.2, 0.25) is 0 Å². The maximum Gasteiger partial charge on any atom is 0.0411 e. The predicted molar refractivity (Wildman–Crippen MR) is 62.3 cm³/mol. The van der Waals surface area contributed by atoms with Crippen molar-refractivity contribution in [1.82, 2.24) is 10.2 Å². The Bertz CT molecular complexity index is 185. The molecule has 1 heterocycles. The molecule has 0 saturated carbocycles. The van der Waals surface area contributed by atoms with Gasteiger partial charge in [0.05, 0.1) is 0 Å². The van der Waals surface area contributed by atoms with E-state index in [2.05, 4.69) is 37.1 Å². The zero-order chi connectivity index (χ0) is 10.4. The molecule has 1 atom stereocenters. The summed E-state index contributed by atoms with van der Waals surface area (Å²) in [4.78, 5) is 2.57. The summed E-state index contributed by atoms with van der Waals surface area (Å²) in [6, 6.07) is 0.719. The third kappa shape index (κ3) is 3.02. The second-order valence-electron chi connectivity index (χ2n) is 4.09. The van der Waals surface area contributed by atoms with Crippen LogP contribution in [-0.2, 0) is 0 Å². The van der Waals surface area contributed by atoms with Crippen LogP contribution in [0.1, 0.15) is 40.0 Å². The van der Waals surface area contributed by atoms with E-state index in [0.29, 0.717) is 0 Å². The van der Waals surface area contributed by atoms with Gasteiger partial charge in [0.2, 0.25) is 0 Å². The van der Waals surface area contributed by atoms with E-state index in [1.807, 2.05) is 0 Å². The molecule has 0 amide bonds. The summed E-state index contributed by atoms with van der Waals surface area (Å²) in [5.74, 6) is 0. The van der Waals surface area contributed by atoms with E-state index in [-0.39, 0.29) is 0 Å². The number of hydrogen-bond donors (Lipinski definition) is 1. The van der Waals surface area contributed by atoms with Crippen LogP contribution in [0.25, 0.3) is 0 Å². The predicted octanol–water partition coefficient (Wildman–Crippen LogP) is 2.37. The lowest BCUT2D eigenvalue weighted by Crippen LogP contribution is -2.50. The second-order valence-corrected chi connectivity index (χ2v) is 4.09. The van der Waals surface area contributed by atoms with Gasteiger partial charge in [-0.15, -0.1) is 0 Å². The molecule has 0 spiro atoms. The van der Waals surface area contributed by atoms with Crippen molar-refractivity contribution in [2.24, 2.45) is 0 Å². The highest BCUT2D eigenvalue weighted by Crippen LogP contribution is 2.15. The van der Waals surface area contributed by atoms with Gasteiger partial charge in [-0.2, -0.15) is 0 Å². The first kappa shape index (κ1) is 11.6. The monoisotopic (exact) mass is 196 g/mol. The molecule has 0 aliphatic carbocycles. The summed E-state index contributed by atoms with van der Waals surface area (Å²) >= 11 is 0. The number of nitrogens with zero attached hydrogens (tertiary/aromatic N) is 1. The van der Waals surface area contributed by atoms with Crippen molar-refractivity contribution in [1.29, 1.82) is 0 Å². The fraction of sp³-hybridized carbons (Fsp3) is 0.833. The molecular formula is C12H24N2. The minimum Gasteiger partial charge on any atom is -0.370 e. The molecule has 1 fully saturated rings. The van der Waals surface area contributed by atoms with Gasteiger partial charge in [-0.1, -0.05) is 26.3 Å². The number of nitrogens with one attached hydrogen (secondary N) is 1. The van der Waals surface area contributed by atoms with E-state index < -0.39 is 0 Å². The molecular weight excluding hydrogens is 172 g/mol. The zero-order valence-corrected chi connectivity index (χ0v) is 9.84. The standard InChI is InChI=1S/C12H24N2/c1-4-6-11(3)14-9-8-13-10-12(14)7-5-2/h6,12-13H,4-5,7-10H2,1-3H3. The number of hydrogen-bond acceptors (Lipinski definition) is 2. The van der Waals surface area contributed by atoms with Gasteiger partial charge >= 0.3 is 0 Å². The Morgan fingerprint density at radius 2 is 2.29 bits per heavy atom. The molecule has 1 aliphatic heterocycles. The Morgan fingerprint density at radius 1 is 1.50 bits per heavy atom. The Hall–Kier alpha value is -0.500. The zero-order valence-electron chi connectivity index (χ0n) is 9.84. The lowest BCUT2D eigenvalue weighted by atomic mass is 10.1. The minimum atomic E-state index is 0.719. The topological polar surface area (TPSA) is 15.3 Å². The fourth-order valence-electron chi connectivity index (χ4n) is 2.23. The molecule has 2 nitrogen and oxygen atoms in total. The van der Waals surface area contributed by atoms with Crippen molar-refractivity contribution in [3.63, 3.8) is 0 Å². The van der Waals surface area contributed by atoms with Crippen LogP contribution in [0.15, 0.2) is 11.8 Å². The van der Waals surface area contributed by atoms with Crippen molar-refractivity contribution in [3.8, 4) is 0 Å². The fourth-order valence-corrected chi connectivity index (χ4v) is 2.23. The maximum absolute atomic E-state index is 3.48. The smallest absolute Gasteiger partial charge is 0.0411 e. The van der Waals surface area contributed by atoms with Crippen molar-refractivity contribution in [2.45, 2.75) is 46.1 Å². The average Bonchev–Trinajstić information content (AvgIpc) is 2.19. The van der Waals surface area contributed by atoms with Crippen LogP contribution >= 0.6 is 0 Å². The highest BCUT2D eigenvalue weighted by Gasteiger charge is 2.20. The first-order valence-electron chi connectivity index (χ1n) is 5.93. The number of allylic oxidation sites excluding steroid dienone is 2. The van der Waals surface area contributed by atoms with Crippen molar-refractivity contribution in [3.05, 3.63) is 11.8 Å². The van der Waals surface area contributed by atoms with Crippen LogP contribution in [0.5, 0.6) is 0 Å². The number of piperazine rings is 1. The van der Waals surface area contributed by atoms with Gasteiger partial charge in [-0.25, -0.2) is 0 Å². The highest BCUT2D eigenvalue weighted by atomic mass is 15.2. The van der Waals surface area contributed by atoms with Crippen LogP contribution < -0.4 is 5.32 Å². The maximum atomic E-state index is 3.48. The summed E-state index contributed by atoms with van der Waals surface area (Å²) in [5, 5.41) is 3.48. The minimum absolute atomic E-state index is 0.719. The molecule has 0 aromatic heterocycles. The molecule has 1 rings (SSSR count). The first-order valence-corrected chi connectivity index (χ1v) is 5.93. The lowest BCUT2D eigenvalue weighted by molar-refractivity contribution is 0.197. The molecule has 0 bridgehead atoms. The molecule has 0 aromatic carbocycles. The molecule has 0 radical (unpaired) electrons. The van der Waals surface area contributed by atoms with Gasteiger partial charge in [0.1, 0.15) is 0 Å². The highest BCUT2D eigenvalue weighted by molar-refractivity contribution is 5.01. The van der Waals surface area contributed by atoms with Gasteiger partial charge in [0.25, 0.3) is 0 Å². The van der Waals surface area contributed by atoms with Crippen LogP contribution in [-0.4, -0.2) is 30.6 Å². The third-order valence-electron chi connectivity index (χ3n) is 2.92. The van der Waals surface area contributed by atoms with E-state index in [4.69, 9.17) is 0 Å². The molecule has 1 aliphatic rings. The molecule has 82 valence electrons. The first-order chi connectivity index (χ1) is 6.79. The SMILES string of the molecule is CCC=C(C)N1CCNCC1CCC. The molecule has 0 aromatic rings. The summed E-state index contributed by atoms with van der Waals surface area (Å²) in [7, 11) is 0. The van der Waals surface area contributed by atoms with Gasteiger partial charge in [-0.05, 0) is 19.8 Å². The Labute approximate surface area is 88.4 Å². The quantitative estimate of drug-likeness (QED) is 0.742. The summed E-state index contributed by atoms with van der Waals surface area (Å²) < 4.78 is 0. The average molecular weight is 196 g/mol. The molecule has 1 N–H and O–H groups in total. The molecule has 14 heavy (non-hydrogen) atoms. The molecule has 2 heteroatoms. The Balaban J connectivity index is 2.57. The summed E-state index contributed by atoms with van der Waals surface area (Å²) in [5.41, 5.74) is 1.47. The Morgan fingerprint density at radius 3 is 2.93 bits per heavy atom.